The van der Waals surface area contributed by atoms with Crippen molar-refractivity contribution in [2.45, 2.75) is 19.5 Å². The monoisotopic (exact) mass is 287 g/mol. The van der Waals surface area contributed by atoms with Crippen molar-refractivity contribution in [1.82, 2.24) is 9.88 Å². The SMILES string of the molecule is CCON=C1CCN1C(=O)c1cnccc1C(F)(F)F. The number of hydrogen-bond acceptors (Lipinski definition) is 4. The fourth-order valence-electron chi connectivity index (χ4n) is 1.73. The van der Waals surface area contributed by atoms with E-state index in [1.54, 1.807) is 6.92 Å². The van der Waals surface area contributed by atoms with Gasteiger partial charge in [0.05, 0.1) is 11.1 Å². The van der Waals surface area contributed by atoms with Gasteiger partial charge in [-0.05, 0) is 13.0 Å². The van der Waals surface area contributed by atoms with Gasteiger partial charge in [-0.2, -0.15) is 13.2 Å². The molecule has 2 heterocycles. The Balaban J connectivity index is 2.27. The molecule has 1 saturated heterocycles. The molecule has 20 heavy (non-hydrogen) atoms. The first kappa shape index (κ1) is 14.3. The van der Waals surface area contributed by atoms with Crippen LogP contribution in [0.3, 0.4) is 0 Å². The third kappa shape index (κ3) is 2.73. The molecule has 0 atom stereocenters. The second-order valence-electron chi connectivity index (χ2n) is 4.05. The largest absolute Gasteiger partial charge is 0.417 e. The highest BCUT2D eigenvalue weighted by Gasteiger charge is 2.38. The van der Waals surface area contributed by atoms with Crippen LogP contribution in [0.15, 0.2) is 23.6 Å². The van der Waals surface area contributed by atoms with Crippen LogP contribution in [0.2, 0.25) is 0 Å². The zero-order chi connectivity index (χ0) is 14.8. The Morgan fingerprint density at radius 2 is 2.30 bits per heavy atom. The molecule has 0 bridgehead atoms. The van der Waals surface area contributed by atoms with Gasteiger partial charge in [0, 0.05) is 25.4 Å². The number of rotatable bonds is 3. The Bertz CT molecular complexity index is 543. The van der Waals surface area contributed by atoms with Crippen molar-refractivity contribution in [2.75, 3.05) is 13.2 Å². The third-order valence-electron chi connectivity index (χ3n) is 2.77. The van der Waals surface area contributed by atoms with Crippen molar-refractivity contribution in [1.29, 1.82) is 0 Å². The minimum absolute atomic E-state index is 0.316. The van der Waals surface area contributed by atoms with Gasteiger partial charge in [-0.15, -0.1) is 0 Å². The molecule has 0 aliphatic carbocycles. The number of pyridine rings is 1. The van der Waals surface area contributed by atoms with E-state index in [0.717, 1.165) is 23.4 Å². The Hall–Kier alpha value is -2.12. The maximum atomic E-state index is 12.8. The first-order valence-corrected chi connectivity index (χ1v) is 5.97. The van der Waals surface area contributed by atoms with Gasteiger partial charge in [-0.3, -0.25) is 14.7 Å². The summed E-state index contributed by atoms with van der Waals surface area (Å²) >= 11 is 0. The number of amidine groups is 1. The average Bonchev–Trinajstić information content (AvgIpc) is 2.37. The van der Waals surface area contributed by atoms with Crippen LogP contribution in [-0.4, -0.2) is 34.8 Å². The van der Waals surface area contributed by atoms with Crippen molar-refractivity contribution >= 4 is 11.7 Å². The highest BCUT2D eigenvalue weighted by atomic mass is 19.4. The van der Waals surface area contributed by atoms with Crippen LogP contribution in [0.1, 0.15) is 29.3 Å². The number of alkyl halides is 3. The highest BCUT2D eigenvalue weighted by molar-refractivity contribution is 6.09. The summed E-state index contributed by atoms with van der Waals surface area (Å²) in [5.41, 5.74) is -1.48. The van der Waals surface area contributed by atoms with E-state index in [1.165, 1.54) is 0 Å². The number of halogens is 3. The Labute approximate surface area is 113 Å². The molecule has 1 amide bonds. The lowest BCUT2D eigenvalue weighted by Gasteiger charge is -2.32. The maximum Gasteiger partial charge on any atom is 0.417 e. The van der Waals surface area contributed by atoms with Crippen LogP contribution in [0, 0.1) is 0 Å². The number of carbonyl (C=O) groups is 1. The minimum atomic E-state index is -4.60. The lowest BCUT2D eigenvalue weighted by molar-refractivity contribution is -0.138. The Morgan fingerprint density at radius 1 is 1.55 bits per heavy atom. The van der Waals surface area contributed by atoms with E-state index in [9.17, 15) is 18.0 Å². The van der Waals surface area contributed by atoms with Gasteiger partial charge in [0.1, 0.15) is 6.61 Å². The summed E-state index contributed by atoms with van der Waals surface area (Å²) in [4.78, 5) is 21.7. The third-order valence-corrected chi connectivity index (χ3v) is 2.77. The summed E-state index contributed by atoms with van der Waals surface area (Å²) in [7, 11) is 0. The molecule has 0 spiro atoms. The summed E-state index contributed by atoms with van der Waals surface area (Å²) in [5.74, 6) is -0.441. The van der Waals surface area contributed by atoms with Crippen molar-refractivity contribution in [3.63, 3.8) is 0 Å². The van der Waals surface area contributed by atoms with E-state index in [2.05, 4.69) is 10.1 Å². The molecule has 1 fully saturated rings. The fourth-order valence-corrected chi connectivity index (χ4v) is 1.73. The number of oxime groups is 1. The molecule has 0 radical (unpaired) electrons. The topological polar surface area (TPSA) is 54.8 Å². The van der Waals surface area contributed by atoms with Crippen LogP contribution < -0.4 is 0 Å². The van der Waals surface area contributed by atoms with Gasteiger partial charge >= 0.3 is 6.18 Å². The van der Waals surface area contributed by atoms with Gasteiger partial charge in [0.2, 0.25) is 0 Å². The van der Waals surface area contributed by atoms with E-state index in [4.69, 9.17) is 4.84 Å². The molecule has 5 nitrogen and oxygen atoms in total. The molecule has 8 heteroatoms. The van der Waals surface area contributed by atoms with Gasteiger partial charge in [-0.25, -0.2) is 0 Å². The summed E-state index contributed by atoms with van der Waals surface area (Å²) in [6, 6.07) is 0.784. The summed E-state index contributed by atoms with van der Waals surface area (Å²) in [6.07, 6.45) is -2.18. The average molecular weight is 287 g/mol. The quantitative estimate of drug-likeness (QED) is 0.801. The molecule has 2 rings (SSSR count). The number of nitrogens with zero attached hydrogens (tertiary/aromatic N) is 3. The first-order chi connectivity index (χ1) is 9.45. The molecular formula is C12H12F3N3O2. The summed E-state index contributed by atoms with van der Waals surface area (Å²) in [5, 5.41) is 3.69. The van der Waals surface area contributed by atoms with Crippen LogP contribution in [0.4, 0.5) is 13.2 Å². The van der Waals surface area contributed by atoms with Crippen LogP contribution >= 0.6 is 0 Å². The lowest BCUT2D eigenvalue weighted by Crippen LogP contribution is -2.48. The molecule has 0 saturated carbocycles. The van der Waals surface area contributed by atoms with E-state index >= 15 is 0 Å². The van der Waals surface area contributed by atoms with Gasteiger partial charge < -0.3 is 4.84 Å². The van der Waals surface area contributed by atoms with Gasteiger partial charge in [0.25, 0.3) is 5.91 Å². The predicted molar refractivity (Wildman–Crippen MR) is 64.0 cm³/mol. The summed E-state index contributed by atoms with van der Waals surface area (Å²) < 4.78 is 38.5. The van der Waals surface area contributed by atoms with E-state index in [-0.39, 0.29) is 0 Å². The molecule has 1 aromatic heterocycles. The van der Waals surface area contributed by atoms with Crippen molar-refractivity contribution in [3.8, 4) is 0 Å². The molecule has 108 valence electrons. The first-order valence-electron chi connectivity index (χ1n) is 5.97. The lowest BCUT2D eigenvalue weighted by atomic mass is 10.1. The van der Waals surface area contributed by atoms with E-state index in [0.29, 0.717) is 25.4 Å². The van der Waals surface area contributed by atoms with Gasteiger partial charge in [0.15, 0.2) is 5.84 Å². The zero-order valence-electron chi connectivity index (χ0n) is 10.6. The van der Waals surface area contributed by atoms with Crippen molar-refractivity contribution < 1.29 is 22.8 Å². The number of likely N-dealkylation sites (tertiary alicyclic amines) is 1. The highest BCUT2D eigenvalue weighted by Crippen LogP contribution is 2.32. The Morgan fingerprint density at radius 3 is 2.85 bits per heavy atom. The van der Waals surface area contributed by atoms with Crippen LogP contribution in [-0.2, 0) is 11.0 Å². The number of carbonyl (C=O) groups excluding carboxylic acids is 1. The van der Waals surface area contributed by atoms with Crippen LogP contribution in [0.25, 0.3) is 0 Å². The predicted octanol–water partition coefficient (Wildman–Crippen LogP) is 2.30. The minimum Gasteiger partial charge on any atom is -0.395 e. The van der Waals surface area contributed by atoms with E-state index in [1.807, 2.05) is 0 Å². The van der Waals surface area contributed by atoms with Crippen LogP contribution in [0.5, 0.6) is 0 Å². The maximum absolute atomic E-state index is 12.8. The second-order valence-corrected chi connectivity index (χ2v) is 4.05. The molecule has 0 unspecified atom stereocenters. The zero-order valence-corrected chi connectivity index (χ0v) is 10.6. The second kappa shape index (κ2) is 5.48. The standard InChI is InChI=1S/C12H12F3N3O2/c1-2-20-17-10-4-6-18(10)11(19)8-7-16-5-3-9(8)12(13,14)15/h3,5,7H,2,4,6H2,1H3. The fraction of sp³-hybridized carbons (Fsp3) is 0.417. The van der Waals surface area contributed by atoms with Gasteiger partial charge in [-0.1, -0.05) is 5.16 Å². The van der Waals surface area contributed by atoms with E-state index < -0.39 is 23.2 Å². The molecule has 1 aromatic rings. The molecule has 0 aromatic carbocycles. The summed E-state index contributed by atoms with van der Waals surface area (Å²) in [6.45, 7) is 2.36. The molecule has 1 aliphatic heterocycles. The normalized spacial score (nSPS) is 17.0. The molecule has 1 aliphatic rings. The number of hydrogen-bond donors (Lipinski definition) is 0. The smallest absolute Gasteiger partial charge is 0.395 e. The molecule has 0 N–H and O–H groups in total. The number of aromatic nitrogens is 1. The Kier molecular flexibility index (Phi) is 3.91. The molecular weight excluding hydrogens is 275 g/mol. The number of amides is 1. The van der Waals surface area contributed by atoms with Crippen molar-refractivity contribution in [2.24, 2.45) is 5.16 Å². The van der Waals surface area contributed by atoms with Crippen molar-refractivity contribution in [3.05, 3.63) is 29.6 Å².